The summed E-state index contributed by atoms with van der Waals surface area (Å²) in [5, 5.41) is 3.35. The standard InChI is InChI=1S/C17H28FN3/c1-4-21(15-7-5-6-8-15)12-13(2)17(19-3)16-10-9-14(18)11-20-16/h9-11,13,15,17,19H,4-8,12H2,1-3H3. The fourth-order valence-electron chi connectivity index (χ4n) is 3.58. The molecule has 0 aromatic carbocycles. The van der Waals surface area contributed by atoms with Crippen LogP contribution in [0.5, 0.6) is 0 Å². The molecule has 0 amide bonds. The summed E-state index contributed by atoms with van der Waals surface area (Å²) in [5.41, 5.74) is 0.925. The van der Waals surface area contributed by atoms with Crippen LogP contribution in [0.3, 0.4) is 0 Å². The molecular weight excluding hydrogens is 265 g/mol. The van der Waals surface area contributed by atoms with Gasteiger partial charge in [-0.05, 0) is 44.5 Å². The van der Waals surface area contributed by atoms with Gasteiger partial charge >= 0.3 is 0 Å². The molecule has 0 bridgehead atoms. The van der Waals surface area contributed by atoms with E-state index >= 15 is 0 Å². The molecule has 118 valence electrons. The molecule has 0 spiro atoms. The van der Waals surface area contributed by atoms with Gasteiger partial charge in [-0.1, -0.05) is 26.7 Å². The molecule has 1 fully saturated rings. The molecule has 1 aromatic rings. The van der Waals surface area contributed by atoms with Crippen molar-refractivity contribution >= 4 is 0 Å². The molecule has 2 rings (SSSR count). The molecule has 3 nitrogen and oxygen atoms in total. The van der Waals surface area contributed by atoms with Crippen molar-refractivity contribution in [1.29, 1.82) is 0 Å². The first-order valence-corrected chi connectivity index (χ1v) is 8.18. The molecule has 21 heavy (non-hydrogen) atoms. The predicted octanol–water partition coefficient (Wildman–Crippen LogP) is 3.38. The molecule has 0 aliphatic heterocycles. The minimum Gasteiger partial charge on any atom is -0.311 e. The maximum Gasteiger partial charge on any atom is 0.141 e. The van der Waals surface area contributed by atoms with E-state index < -0.39 is 0 Å². The predicted molar refractivity (Wildman–Crippen MR) is 84.7 cm³/mol. The second-order valence-corrected chi connectivity index (χ2v) is 6.17. The van der Waals surface area contributed by atoms with Crippen molar-refractivity contribution in [3.8, 4) is 0 Å². The van der Waals surface area contributed by atoms with E-state index in [0.717, 1.165) is 24.8 Å². The van der Waals surface area contributed by atoms with Gasteiger partial charge in [0.1, 0.15) is 5.82 Å². The average molecular weight is 293 g/mol. The fourth-order valence-corrected chi connectivity index (χ4v) is 3.58. The second-order valence-electron chi connectivity index (χ2n) is 6.17. The third-order valence-electron chi connectivity index (χ3n) is 4.72. The van der Waals surface area contributed by atoms with Crippen molar-refractivity contribution in [3.63, 3.8) is 0 Å². The number of nitrogens with one attached hydrogen (secondary N) is 1. The number of pyridine rings is 1. The van der Waals surface area contributed by atoms with E-state index in [1.165, 1.54) is 37.9 Å². The second kappa shape index (κ2) is 7.85. The third kappa shape index (κ3) is 4.24. The van der Waals surface area contributed by atoms with Crippen LogP contribution in [0.4, 0.5) is 4.39 Å². The van der Waals surface area contributed by atoms with Crippen LogP contribution in [-0.2, 0) is 0 Å². The highest BCUT2D eigenvalue weighted by Gasteiger charge is 2.26. The van der Waals surface area contributed by atoms with E-state index in [2.05, 4.69) is 29.0 Å². The number of halogens is 1. The van der Waals surface area contributed by atoms with Gasteiger partial charge in [0.15, 0.2) is 0 Å². The Labute approximate surface area is 127 Å². The summed E-state index contributed by atoms with van der Waals surface area (Å²) in [6.07, 6.45) is 6.70. The lowest BCUT2D eigenvalue weighted by molar-refractivity contribution is 0.165. The molecule has 0 saturated heterocycles. The quantitative estimate of drug-likeness (QED) is 0.835. The maximum absolute atomic E-state index is 13.0. The first-order chi connectivity index (χ1) is 10.2. The van der Waals surface area contributed by atoms with E-state index in [-0.39, 0.29) is 11.9 Å². The molecule has 1 aliphatic rings. The molecule has 1 saturated carbocycles. The number of nitrogens with zero attached hydrogens (tertiary/aromatic N) is 2. The number of rotatable bonds is 7. The molecule has 1 aliphatic carbocycles. The van der Waals surface area contributed by atoms with E-state index in [4.69, 9.17) is 0 Å². The summed E-state index contributed by atoms with van der Waals surface area (Å²) in [5.74, 6) is 0.163. The van der Waals surface area contributed by atoms with Crippen LogP contribution in [-0.4, -0.2) is 36.1 Å². The Hall–Kier alpha value is -1.00. The topological polar surface area (TPSA) is 28.2 Å². The van der Waals surface area contributed by atoms with Gasteiger partial charge in [-0.15, -0.1) is 0 Å². The number of aromatic nitrogens is 1. The van der Waals surface area contributed by atoms with Gasteiger partial charge in [-0.25, -0.2) is 4.39 Å². The van der Waals surface area contributed by atoms with Crippen LogP contribution in [0.2, 0.25) is 0 Å². The van der Waals surface area contributed by atoms with Gasteiger partial charge in [0, 0.05) is 12.6 Å². The molecule has 2 unspecified atom stereocenters. The van der Waals surface area contributed by atoms with Crippen LogP contribution in [0.25, 0.3) is 0 Å². The normalized spacial score (nSPS) is 19.1. The first-order valence-electron chi connectivity index (χ1n) is 8.18. The molecular formula is C17H28FN3. The number of hydrogen-bond donors (Lipinski definition) is 1. The van der Waals surface area contributed by atoms with Crippen LogP contribution < -0.4 is 5.32 Å². The minimum atomic E-state index is -0.276. The molecule has 4 heteroatoms. The van der Waals surface area contributed by atoms with Crippen LogP contribution in [0.15, 0.2) is 18.3 Å². The summed E-state index contributed by atoms with van der Waals surface area (Å²) < 4.78 is 13.0. The minimum absolute atomic E-state index is 0.168. The lowest BCUT2D eigenvalue weighted by Crippen LogP contribution is -2.40. The Bertz CT molecular complexity index is 415. The third-order valence-corrected chi connectivity index (χ3v) is 4.72. The van der Waals surface area contributed by atoms with Gasteiger partial charge in [0.25, 0.3) is 0 Å². The Morgan fingerprint density at radius 1 is 1.38 bits per heavy atom. The first kappa shape index (κ1) is 16.4. The lowest BCUT2D eigenvalue weighted by Gasteiger charge is -2.33. The molecule has 1 N–H and O–H groups in total. The van der Waals surface area contributed by atoms with Crippen molar-refractivity contribution in [2.24, 2.45) is 5.92 Å². The zero-order valence-electron chi connectivity index (χ0n) is 13.5. The Balaban J connectivity index is 2.01. The van der Waals surface area contributed by atoms with Crippen molar-refractivity contribution in [3.05, 3.63) is 29.8 Å². The van der Waals surface area contributed by atoms with E-state index in [9.17, 15) is 4.39 Å². The van der Waals surface area contributed by atoms with E-state index in [1.807, 2.05) is 7.05 Å². The summed E-state index contributed by atoms with van der Waals surface area (Å²) in [7, 11) is 1.96. The van der Waals surface area contributed by atoms with Gasteiger partial charge in [0.05, 0.1) is 17.9 Å². The molecule has 0 radical (unpaired) electrons. The van der Waals surface area contributed by atoms with E-state index in [0.29, 0.717) is 5.92 Å². The molecule has 1 heterocycles. The lowest BCUT2D eigenvalue weighted by atomic mass is 9.97. The highest BCUT2D eigenvalue weighted by Crippen LogP contribution is 2.27. The smallest absolute Gasteiger partial charge is 0.141 e. The van der Waals surface area contributed by atoms with Crippen LogP contribution in [0.1, 0.15) is 51.3 Å². The highest BCUT2D eigenvalue weighted by atomic mass is 19.1. The zero-order valence-corrected chi connectivity index (χ0v) is 13.5. The largest absolute Gasteiger partial charge is 0.311 e. The number of hydrogen-bond acceptors (Lipinski definition) is 3. The van der Waals surface area contributed by atoms with Gasteiger partial charge in [-0.3, -0.25) is 4.98 Å². The summed E-state index contributed by atoms with van der Waals surface area (Å²) >= 11 is 0. The van der Waals surface area contributed by atoms with Crippen molar-refractivity contribution in [1.82, 2.24) is 15.2 Å². The fraction of sp³-hybridized carbons (Fsp3) is 0.706. The molecule has 1 aromatic heterocycles. The maximum atomic E-state index is 13.0. The molecule has 2 atom stereocenters. The van der Waals surface area contributed by atoms with Gasteiger partial charge < -0.3 is 10.2 Å². The summed E-state index contributed by atoms with van der Waals surface area (Å²) in [6, 6.07) is 4.20. The van der Waals surface area contributed by atoms with Gasteiger partial charge in [0.2, 0.25) is 0 Å². The SMILES string of the molecule is CCN(CC(C)C(NC)c1ccc(F)cn1)C1CCCC1. The van der Waals surface area contributed by atoms with Crippen LogP contribution in [0, 0.1) is 11.7 Å². The summed E-state index contributed by atoms with van der Waals surface area (Å²) in [4.78, 5) is 6.85. The van der Waals surface area contributed by atoms with Gasteiger partial charge in [-0.2, -0.15) is 0 Å². The van der Waals surface area contributed by atoms with Crippen molar-refractivity contribution in [2.75, 3.05) is 20.1 Å². The monoisotopic (exact) mass is 293 g/mol. The zero-order chi connectivity index (χ0) is 15.2. The van der Waals surface area contributed by atoms with E-state index in [1.54, 1.807) is 6.07 Å². The average Bonchev–Trinajstić information content (AvgIpc) is 3.01. The Morgan fingerprint density at radius 2 is 2.10 bits per heavy atom. The van der Waals surface area contributed by atoms with Crippen molar-refractivity contribution < 1.29 is 4.39 Å². The Kier molecular flexibility index (Phi) is 6.12. The summed E-state index contributed by atoms with van der Waals surface area (Å²) in [6.45, 7) is 6.66. The highest BCUT2D eigenvalue weighted by molar-refractivity contribution is 5.11. The van der Waals surface area contributed by atoms with Crippen LogP contribution >= 0.6 is 0 Å². The Morgan fingerprint density at radius 3 is 2.62 bits per heavy atom. The van der Waals surface area contributed by atoms with Crippen molar-refractivity contribution in [2.45, 2.75) is 51.6 Å².